The maximum atomic E-state index is 12.5. The number of thioether (sulfide) groups is 1. The minimum Gasteiger partial charge on any atom is -0.360 e. The highest BCUT2D eigenvalue weighted by atomic mass is 32.2. The van der Waals surface area contributed by atoms with E-state index in [0.717, 1.165) is 25.8 Å². The van der Waals surface area contributed by atoms with Gasteiger partial charge in [0.05, 0.1) is 5.25 Å². The molecule has 2 aromatic heterocycles. The van der Waals surface area contributed by atoms with Crippen LogP contribution in [0.4, 0.5) is 0 Å². The Morgan fingerprint density at radius 1 is 1.35 bits per heavy atom. The number of para-hydroxylation sites is 1. The molecule has 0 saturated carbocycles. The number of H-pyrrole nitrogens is 1. The molecule has 0 fully saturated rings. The zero-order valence-electron chi connectivity index (χ0n) is 11.1. The van der Waals surface area contributed by atoms with Gasteiger partial charge in [0.2, 0.25) is 0 Å². The van der Waals surface area contributed by atoms with Gasteiger partial charge in [-0.1, -0.05) is 41.3 Å². The van der Waals surface area contributed by atoms with Gasteiger partial charge in [0.25, 0.3) is 0 Å². The lowest BCUT2D eigenvalue weighted by Crippen LogP contribution is -2.12. The summed E-state index contributed by atoms with van der Waals surface area (Å²) in [4.78, 5) is 15.7. The maximum Gasteiger partial charge on any atom is 0.178 e. The molecule has 6 heteroatoms. The number of aromatic nitrogens is 3. The molecule has 0 aliphatic carbocycles. The highest BCUT2D eigenvalue weighted by molar-refractivity contribution is 8.02. The van der Waals surface area contributed by atoms with Crippen molar-refractivity contribution >= 4 is 39.8 Å². The summed E-state index contributed by atoms with van der Waals surface area (Å²) in [5.41, 5.74) is 1.72. The van der Waals surface area contributed by atoms with Gasteiger partial charge >= 0.3 is 0 Å². The number of nitrogens with one attached hydrogen (secondary N) is 1. The fraction of sp³-hybridized carbons (Fsp3) is 0.214. The van der Waals surface area contributed by atoms with Gasteiger partial charge in [-0.15, -0.1) is 10.2 Å². The lowest BCUT2D eigenvalue weighted by atomic mass is 10.1. The highest BCUT2D eigenvalue weighted by Gasteiger charge is 2.21. The third-order valence-electron chi connectivity index (χ3n) is 3.01. The Morgan fingerprint density at radius 2 is 2.15 bits per heavy atom. The number of Topliss-reactive ketones (excluding diaryl/α,β-unsaturated/α-hetero) is 1. The predicted octanol–water partition coefficient (Wildman–Crippen LogP) is 3.69. The standard InChI is InChI=1S/C14H13N3OS2/c1-8(19-14-17-16-9(2)20-14)13(18)11-7-15-12-6-4-3-5-10(11)12/h3-8,15H,1-2H3/t8-/m1/s1. The van der Waals surface area contributed by atoms with Crippen LogP contribution in [-0.4, -0.2) is 26.2 Å². The minimum atomic E-state index is -0.179. The Hall–Kier alpha value is -1.66. The summed E-state index contributed by atoms with van der Waals surface area (Å²) in [6.07, 6.45) is 1.79. The van der Waals surface area contributed by atoms with Crippen molar-refractivity contribution in [2.75, 3.05) is 0 Å². The first-order valence-corrected chi connectivity index (χ1v) is 7.92. The summed E-state index contributed by atoms with van der Waals surface area (Å²) >= 11 is 2.98. The number of nitrogens with zero attached hydrogens (tertiary/aromatic N) is 2. The molecule has 20 heavy (non-hydrogen) atoms. The van der Waals surface area contributed by atoms with E-state index >= 15 is 0 Å². The van der Waals surface area contributed by atoms with Crippen molar-refractivity contribution in [2.24, 2.45) is 0 Å². The van der Waals surface area contributed by atoms with Crippen molar-refractivity contribution in [1.82, 2.24) is 15.2 Å². The van der Waals surface area contributed by atoms with Crippen LogP contribution in [0.1, 0.15) is 22.3 Å². The number of fused-ring (bicyclic) bond motifs is 1. The summed E-state index contributed by atoms with van der Waals surface area (Å²) in [5, 5.41) is 9.73. The van der Waals surface area contributed by atoms with E-state index in [-0.39, 0.29) is 11.0 Å². The van der Waals surface area contributed by atoms with Crippen LogP contribution < -0.4 is 0 Å². The molecule has 0 spiro atoms. The molecule has 2 heterocycles. The molecule has 1 aromatic carbocycles. The van der Waals surface area contributed by atoms with E-state index in [4.69, 9.17) is 0 Å². The lowest BCUT2D eigenvalue weighted by molar-refractivity contribution is 0.0995. The Bertz CT molecular complexity index is 762. The summed E-state index contributed by atoms with van der Waals surface area (Å²) in [5.74, 6) is 0.111. The molecule has 0 aliphatic heterocycles. The zero-order valence-corrected chi connectivity index (χ0v) is 12.7. The van der Waals surface area contributed by atoms with Gasteiger partial charge < -0.3 is 4.98 Å². The van der Waals surface area contributed by atoms with Gasteiger partial charge in [0.1, 0.15) is 5.01 Å². The Labute approximate surface area is 124 Å². The molecule has 0 aliphatic rings. The van der Waals surface area contributed by atoms with Gasteiger partial charge in [-0.05, 0) is 19.9 Å². The van der Waals surface area contributed by atoms with Gasteiger partial charge in [-0.2, -0.15) is 0 Å². The molecule has 0 unspecified atom stereocenters. The first-order chi connectivity index (χ1) is 9.65. The number of ketones is 1. The van der Waals surface area contributed by atoms with Crippen LogP contribution in [0.3, 0.4) is 0 Å². The second kappa shape index (κ2) is 5.38. The first kappa shape index (κ1) is 13.3. The Kier molecular flexibility index (Phi) is 3.58. The van der Waals surface area contributed by atoms with Crippen molar-refractivity contribution < 1.29 is 4.79 Å². The lowest BCUT2D eigenvalue weighted by Gasteiger charge is -2.06. The van der Waals surface area contributed by atoms with Crippen molar-refractivity contribution in [1.29, 1.82) is 0 Å². The molecule has 1 N–H and O–H groups in total. The van der Waals surface area contributed by atoms with E-state index in [1.54, 1.807) is 6.20 Å². The number of carbonyl (C=O) groups excluding carboxylic acids is 1. The van der Waals surface area contributed by atoms with E-state index in [0.29, 0.717) is 0 Å². The second-order valence-electron chi connectivity index (χ2n) is 4.46. The molecule has 0 radical (unpaired) electrons. The van der Waals surface area contributed by atoms with Crippen LogP contribution >= 0.6 is 23.1 Å². The summed E-state index contributed by atoms with van der Waals surface area (Å²) < 4.78 is 0.836. The number of benzene rings is 1. The quantitative estimate of drug-likeness (QED) is 0.590. The van der Waals surface area contributed by atoms with Crippen LogP contribution in [0.2, 0.25) is 0 Å². The first-order valence-electron chi connectivity index (χ1n) is 6.22. The molecule has 0 saturated heterocycles. The maximum absolute atomic E-state index is 12.5. The number of hydrogen-bond acceptors (Lipinski definition) is 5. The molecule has 102 valence electrons. The van der Waals surface area contributed by atoms with E-state index in [1.165, 1.54) is 23.1 Å². The van der Waals surface area contributed by atoms with Crippen molar-refractivity contribution in [3.8, 4) is 0 Å². The molecule has 0 amide bonds. The van der Waals surface area contributed by atoms with Crippen LogP contribution in [-0.2, 0) is 0 Å². The third-order valence-corrected chi connectivity index (χ3v) is 5.03. The van der Waals surface area contributed by atoms with E-state index in [2.05, 4.69) is 15.2 Å². The summed E-state index contributed by atoms with van der Waals surface area (Å²) in [6.45, 7) is 3.82. The fourth-order valence-electron chi connectivity index (χ4n) is 2.03. The van der Waals surface area contributed by atoms with Gasteiger partial charge in [-0.3, -0.25) is 4.79 Å². The number of rotatable bonds is 4. The number of aromatic amines is 1. The van der Waals surface area contributed by atoms with Gasteiger partial charge in [0, 0.05) is 22.7 Å². The predicted molar refractivity (Wildman–Crippen MR) is 82.6 cm³/mol. The van der Waals surface area contributed by atoms with Crippen LogP contribution in [0, 0.1) is 6.92 Å². The number of hydrogen-bond donors (Lipinski definition) is 1. The van der Waals surface area contributed by atoms with E-state index in [9.17, 15) is 4.79 Å². The molecule has 4 nitrogen and oxygen atoms in total. The van der Waals surface area contributed by atoms with Crippen molar-refractivity contribution in [2.45, 2.75) is 23.4 Å². The average molecular weight is 303 g/mol. The fourth-order valence-corrected chi connectivity index (χ4v) is 4.05. The van der Waals surface area contributed by atoms with Crippen molar-refractivity contribution in [3.05, 3.63) is 41.0 Å². The minimum absolute atomic E-state index is 0.111. The normalized spacial score (nSPS) is 12.7. The molecule has 3 aromatic rings. The highest BCUT2D eigenvalue weighted by Crippen LogP contribution is 2.29. The molecule has 3 rings (SSSR count). The van der Waals surface area contributed by atoms with Crippen molar-refractivity contribution in [3.63, 3.8) is 0 Å². The topological polar surface area (TPSA) is 58.6 Å². The summed E-state index contributed by atoms with van der Waals surface area (Å²) in [6, 6.07) is 7.83. The Morgan fingerprint density at radius 3 is 2.90 bits per heavy atom. The summed E-state index contributed by atoms with van der Waals surface area (Å²) in [7, 11) is 0. The van der Waals surface area contributed by atoms with Gasteiger partial charge in [-0.25, -0.2) is 0 Å². The molecule has 1 atom stereocenters. The largest absolute Gasteiger partial charge is 0.360 e. The van der Waals surface area contributed by atoms with E-state index < -0.39 is 0 Å². The van der Waals surface area contributed by atoms with Crippen LogP contribution in [0.15, 0.2) is 34.8 Å². The Balaban J connectivity index is 1.84. The average Bonchev–Trinajstić information content (AvgIpc) is 3.04. The third kappa shape index (κ3) is 2.48. The number of carbonyl (C=O) groups is 1. The smallest absolute Gasteiger partial charge is 0.178 e. The van der Waals surface area contributed by atoms with E-state index in [1.807, 2.05) is 38.1 Å². The molecular formula is C14H13N3OS2. The van der Waals surface area contributed by atoms with Crippen LogP contribution in [0.25, 0.3) is 10.9 Å². The van der Waals surface area contributed by atoms with Gasteiger partial charge in [0.15, 0.2) is 10.1 Å². The SMILES string of the molecule is Cc1nnc(S[C@H](C)C(=O)c2c[nH]c3ccccc23)s1. The molecular weight excluding hydrogens is 290 g/mol. The molecule has 0 bridgehead atoms. The zero-order chi connectivity index (χ0) is 14.1. The number of aryl methyl sites for hydroxylation is 1. The monoisotopic (exact) mass is 303 g/mol. The second-order valence-corrected chi connectivity index (χ2v) is 7.23. The van der Waals surface area contributed by atoms with Crippen LogP contribution in [0.5, 0.6) is 0 Å².